The number of ketones is 1. The van der Waals surface area contributed by atoms with Crippen LogP contribution in [0.3, 0.4) is 0 Å². The first-order valence-electron chi connectivity index (χ1n) is 4.83. The van der Waals surface area contributed by atoms with Crippen LogP contribution in [0.1, 0.15) is 25.7 Å². The summed E-state index contributed by atoms with van der Waals surface area (Å²) in [7, 11) is 1.32. The Morgan fingerprint density at radius 3 is 3.07 bits per heavy atom. The largest absolute Gasteiger partial charge is 0.468 e. The molecule has 14 heavy (non-hydrogen) atoms. The zero-order valence-corrected chi connectivity index (χ0v) is 8.36. The summed E-state index contributed by atoms with van der Waals surface area (Å²) in [5.41, 5.74) is 0. The predicted octanol–water partition coefficient (Wildman–Crippen LogP) is 0.989. The fourth-order valence-electron chi connectivity index (χ4n) is 1.49. The van der Waals surface area contributed by atoms with Gasteiger partial charge < -0.3 is 4.74 Å². The Kier molecular flexibility index (Phi) is 4.29. The molecule has 1 unspecified atom stereocenters. The van der Waals surface area contributed by atoms with Crippen molar-refractivity contribution in [2.24, 2.45) is 10.9 Å². The molecular weight excluding hydrogens is 182 g/mol. The standard InChI is InChI=1S/C10H15NO3/c1-14-10(13)7-11-6-8-4-2-3-5-9(8)12/h6,8H,2-5,7H2,1H3. The van der Waals surface area contributed by atoms with Crippen LogP contribution in [0.2, 0.25) is 0 Å². The molecule has 1 saturated carbocycles. The third kappa shape index (κ3) is 3.28. The van der Waals surface area contributed by atoms with E-state index >= 15 is 0 Å². The molecule has 0 aromatic carbocycles. The molecule has 1 rings (SSSR count). The van der Waals surface area contributed by atoms with Crippen molar-refractivity contribution in [1.82, 2.24) is 0 Å². The number of methoxy groups -OCH3 is 1. The molecule has 1 aliphatic rings. The van der Waals surface area contributed by atoms with Crippen molar-refractivity contribution in [1.29, 1.82) is 0 Å². The molecule has 0 heterocycles. The maximum atomic E-state index is 11.3. The number of rotatable bonds is 3. The van der Waals surface area contributed by atoms with Crippen LogP contribution in [-0.2, 0) is 14.3 Å². The molecule has 0 spiro atoms. The number of carbonyl (C=O) groups excluding carboxylic acids is 2. The third-order valence-corrected chi connectivity index (χ3v) is 2.34. The summed E-state index contributed by atoms with van der Waals surface area (Å²) >= 11 is 0. The zero-order chi connectivity index (χ0) is 10.4. The number of hydrogen-bond acceptors (Lipinski definition) is 4. The topological polar surface area (TPSA) is 55.7 Å². The van der Waals surface area contributed by atoms with Crippen LogP contribution in [-0.4, -0.2) is 31.6 Å². The van der Waals surface area contributed by atoms with E-state index in [2.05, 4.69) is 9.73 Å². The third-order valence-electron chi connectivity index (χ3n) is 2.34. The molecule has 0 N–H and O–H groups in total. The number of aliphatic imine (C=N–C) groups is 1. The van der Waals surface area contributed by atoms with Gasteiger partial charge >= 0.3 is 5.97 Å². The molecule has 0 amide bonds. The van der Waals surface area contributed by atoms with Crippen molar-refractivity contribution in [2.45, 2.75) is 25.7 Å². The Morgan fingerprint density at radius 2 is 2.43 bits per heavy atom. The molecule has 0 radical (unpaired) electrons. The maximum Gasteiger partial charge on any atom is 0.327 e. The summed E-state index contributed by atoms with van der Waals surface area (Å²) in [6, 6.07) is 0. The molecule has 0 aromatic heterocycles. The molecule has 1 fully saturated rings. The minimum atomic E-state index is -0.371. The van der Waals surface area contributed by atoms with Crippen molar-refractivity contribution < 1.29 is 14.3 Å². The van der Waals surface area contributed by atoms with Gasteiger partial charge in [-0.05, 0) is 12.8 Å². The van der Waals surface area contributed by atoms with E-state index in [4.69, 9.17) is 0 Å². The highest BCUT2D eigenvalue weighted by Crippen LogP contribution is 2.18. The van der Waals surface area contributed by atoms with Gasteiger partial charge in [-0.3, -0.25) is 14.6 Å². The highest BCUT2D eigenvalue weighted by Gasteiger charge is 2.19. The van der Waals surface area contributed by atoms with Crippen LogP contribution >= 0.6 is 0 Å². The summed E-state index contributed by atoms with van der Waals surface area (Å²) < 4.78 is 4.43. The molecule has 4 nitrogen and oxygen atoms in total. The Morgan fingerprint density at radius 1 is 1.64 bits per heavy atom. The van der Waals surface area contributed by atoms with E-state index in [1.54, 1.807) is 6.21 Å². The lowest BCUT2D eigenvalue weighted by Gasteiger charge is -2.15. The minimum absolute atomic E-state index is 0.0142. The van der Waals surface area contributed by atoms with Gasteiger partial charge in [-0.25, -0.2) is 0 Å². The van der Waals surface area contributed by atoms with Gasteiger partial charge in [-0.2, -0.15) is 0 Å². The van der Waals surface area contributed by atoms with Crippen LogP contribution < -0.4 is 0 Å². The van der Waals surface area contributed by atoms with Crippen molar-refractivity contribution in [3.8, 4) is 0 Å². The SMILES string of the molecule is COC(=O)CN=CC1CCCCC1=O. The molecular formula is C10H15NO3. The van der Waals surface area contributed by atoms with Crippen LogP contribution in [0, 0.1) is 5.92 Å². The summed E-state index contributed by atoms with van der Waals surface area (Å²) in [5.74, 6) is -0.206. The maximum absolute atomic E-state index is 11.3. The van der Waals surface area contributed by atoms with Gasteiger partial charge in [0.15, 0.2) is 0 Å². The summed E-state index contributed by atoms with van der Waals surface area (Å²) in [4.78, 5) is 25.9. The van der Waals surface area contributed by atoms with Crippen LogP contribution in [0.5, 0.6) is 0 Å². The summed E-state index contributed by atoms with van der Waals surface area (Å²) in [5, 5.41) is 0. The normalized spacial score (nSPS) is 22.6. The van der Waals surface area contributed by atoms with E-state index in [-0.39, 0.29) is 24.2 Å². The lowest BCUT2D eigenvalue weighted by molar-refractivity contribution is -0.138. The van der Waals surface area contributed by atoms with Crippen molar-refractivity contribution >= 4 is 18.0 Å². The van der Waals surface area contributed by atoms with Crippen molar-refractivity contribution in [3.05, 3.63) is 0 Å². The fourth-order valence-corrected chi connectivity index (χ4v) is 1.49. The molecule has 0 aromatic rings. The van der Waals surface area contributed by atoms with E-state index in [1.807, 2.05) is 0 Å². The van der Waals surface area contributed by atoms with Gasteiger partial charge in [0.2, 0.25) is 0 Å². The molecule has 0 saturated heterocycles. The number of Topliss-reactive ketones (excluding diaryl/α,β-unsaturated/α-hetero) is 1. The number of carbonyl (C=O) groups is 2. The molecule has 1 aliphatic carbocycles. The number of ether oxygens (including phenoxy) is 1. The second kappa shape index (κ2) is 5.52. The summed E-state index contributed by atoms with van der Waals surface area (Å²) in [6.07, 6.45) is 5.16. The second-order valence-electron chi connectivity index (χ2n) is 3.38. The quantitative estimate of drug-likeness (QED) is 0.500. The smallest absolute Gasteiger partial charge is 0.327 e. The monoisotopic (exact) mass is 197 g/mol. The van der Waals surface area contributed by atoms with Crippen LogP contribution in [0.25, 0.3) is 0 Å². The Hall–Kier alpha value is -1.19. The molecule has 0 aliphatic heterocycles. The van der Waals surface area contributed by atoms with E-state index in [0.717, 1.165) is 19.3 Å². The van der Waals surface area contributed by atoms with Crippen molar-refractivity contribution in [3.63, 3.8) is 0 Å². The molecule has 0 bridgehead atoms. The van der Waals surface area contributed by atoms with Gasteiger partial charge in [0.05, 0.1) is 13.0 Å². The van der Waals surface area contributed by atoms with Gasteiger partial charge in [-0.1, -0.05) is 6.42 Å². The Labute approximate surface area is 83.3 Å². The Bertz CT molecular complexity index is 248. The lowest BCUT2D eigenvalue weighted by atomic mass is 9.89. The zero-order valence-electron chi connectivity index (χ0n) is 8.36. The van der Waals surface area contributed by atoms with E-state index < -0.39 is 0 Å². The van der Waals surface area contributed by atoms with Crippen LogP contribution in [0.15, 0.2) is 4.99 Å². The average Bonchev–Trinajstić information content (AvgIpc) is 2.20. The van der Waals surface area contributed by atoms with Crippen molar-refractivity contribution in [2.75, 3.05) is 13.7 Å². The fraction of sp³-hybridized carbons (Fsp3) is 0.700. The first-order chi connectivity index (χ1) is 6.74. The number of nitrogens with zero attached hydrogens (tertiary/aromatic N) is 1. The highest BCUT2D eigenvalue weighted by molar-refractivity contribution is 5.95. The molecule has 1 atom stereocenters. The van der Waals surface area contributed by atoms with Crippen LogP contribution in [0.4, 0.5) is 0 Å². The van der Waals surface area contributed by atoms with Gasteiger partial charge in [0, 0.05) is 12.6 Å². The summed E-state index contributed by atoms with van der Waals surface area (Å²) in [6.45, 7) is 0.0142. The number of esters is 1. The molecule has 78 valence electrons. The van der Waals surface area contributed by atoms with Gasteiger partial charge in [-0.15, -0.1) is 0 Å². The van der Waals surface area contributed by atoms with Gasteiger partial charge in [0.1, 0.15) is 12.3 Å². The average molecular weight is 197 g/mol. The minimum Gasteiger partial charge on any atom is -0.468 e. The Balaban J connectivity index is 2.34. The first kappa shape index (κ1) is 10.9. The predicted molar refractivity (Wildman–Crippen MR) is 52.3 cm³/mol. The lowest BCUT2D eigenvalue weighted by Crippen LogP contribution is -2.20. The van der Waals surface area contributed by atoms with E-state index in [9.17, 15) is 9.59 Å². The van der Waals surface area contributed by atoms with E-state index in [0.29, 0.717) is 6.42 Å². The van der Waals surface area contributed by atoms with Gasteiger partial charge in [0.25, 0.3) is 0 Å². The molecule has 4 heteroatoms. The number of hydrogen-bond donors (Lipinski definition) is 0. The highest BCUT2D eigenvalue weighted by atomic mass is 16.5. The first-order valence-corrected chi connectivity index (χ1v) is 4.83. The second-order valence-corrected chi connectivity index (χ2v) is 3.38. The van der Waals surface area contributed by atoms with E-state index in [1.165, 1.54) is 7.11 Å².